The number of nitrogens with one attached hydrogen (secondary N) is 1. The standard InChI is InChI=1S/C16H22ClN3/c1-3-9-18-16(14-7-5-6-8-15(14)17)10-13-11-19-20(4-2)12-13/h5-8,11-12,16,18H,3-4,9-10H2,1-2H3. The third kappa shape index (κ3) is 3.84. The molecule has 3 nitrogen and oxygen atoms in total. The lowest BCUT2D eigenvalue weighted by Crippen LogP contribution is -2.24. The molecule has 20 heavy (non-hydrogen) atoms. The Bertz CT molecular complexity index is 536. The van der Waals surface area contributed by atoms with Gasteiger partial charge in [0.2, 0.25) is 0 Å². The number of hydrogen-bond acceptors (Lipinski definition) is 2. The minimum absolute atomic E-state index is 0.234. The molecule has 0 aliphatic rings. The van der Waals surface area contributed by atoms with Gasteiger partial charge in [-0.25, -0.2) is 0 Å². The van der Waals surface area contributed by atoms with Gasteiger partial charge in [-0.15, -0.1) is 0 Å². The maximum atomic E-state index is 6.34. The highest BCUT2D eigenvalue weighted by Crippen LogP contribution is 2.25. The van der Waals surface area contributed by atoms with E-state index in [1.54, 1.807) is 0 Å². The number of benzene rings is 1. The molecule has 0 bridgehead atoms. The van der Waals surface area contributed by atoms with Gasteiger partial charge < -0.3 is 5.32 Å². The molecule has 0 aliphatic carbocycles. The fraction of sp³-hybridized carbons (Fsp3) is 0.438. The summed E-state index contributed by atoms with van der Waals surface area (Å²) < 4.78 is 1.96. The van der Waals surface area contributed by atoms with Gasteiger partial charge in [-0.3, -0.25) is 4.68 Å². The highest BCUT2D eigenvalue weighted by Gasteiger charge is 2.15. The molecule has 0 amide bonds. The summed E-state index contributed by atoms with van der Waals surface area (Å²) in [5, 5.41) is 8.74. The zero-order valence-corrected chi connectivity index (χ0v) is 12.9. The lowest BCUT2D eigenvalue weighted by Gasteiger charge is -2.19. The van der Waals surface area contributed by atoms with Crippen molar-refractivity contribution in [2.75, 3.05) is 6.54 Å². The van der Waals surface area contributed by atoms with Gasteiger partial charge in [0.1, 0.15) is 0 Å². The van der Waals surface area contributed by atoms with Gasteiger partial charge in [0.15, 0.2) is 0 Å². The van der Waals surface area contributed by atoms with E-state index < -0.39 is 0 Å². The van der Waals surface area contributed by atoms with Crippen molar-refractivity contribution in [3.63, 3.8) is 0 Å². The third-order valence-corrected chi connectivity index (χ3v) is 3.72. The molecule has 0 saturated heterocycles. The molecule has 1 atom stereocenters. The highest BCUT2D eigenvalue weighted by atomic mass is 35.5. The minimum Gasteiger partial charge on any atom is -0.310 e. The molecule has 0 fully saturated rings. The molecule has 1 aromatic heterocycles. The summed E-state index contributed by atoms with van der Waals surface area (Å²) >= 11 is 6.34. The Hall–Kier alpha value is -1.32. The van der Waals surface area contributed by atoms with Crippen molar-refractivity contribution in [1.29, 1.82) is 0 Å². The van der Waals surface area contributed by atoms with E-state index in [0.717, 1.165) is 36.5 Å². The first-order chi connectivity index (χ1) is 9.74. The van der Waals surface area contributed by atoms with Gasteiger partial charge in [-0.1, -0.05) is 36.7 Å². The van der Waals surface area contributed by atoms with E-state index in [1.165, 1.54) is 5.56 Å². The fourth-order valence-electron chi connectivity index (χ4n) is 2.29. The van der Waals surface area contributed by atoms with Crippen LogP contribution in [0.1, 0.15) is 37.4 Å². The van der Waals surface area contributed by atoms with Crippen LogP contribution in [0, 0.1) is 0 Å². The first-order valence-corrected chi connectivity index (χ1v) is 7.61. The molecule has 2 rings (SSSR count). The van der Waals surface area contributed by atoms with Crippen LogP contribution in [0.2, 0.25) is 5.02 Å². The lowest BCUT2D eigenvalue weighted by atomic mass is 10.0. The topological polar surface area (TPSA) is 29.9 Å². The van der Waals surface area contributed by atoms with E-state index in [0.29, 0.717) is 0 Å². The number of aromatic nitrogens is 2. The minimum atomic E-state index is 0.234. The summed E-state index contributed by atoms with van der Waals surface area (Å²) in [5.74, 6) is 0. The van der Waals surface area contributed by atoms with E-state index in [-0.39, 0.29) is 6.04 Å². The second kappa shape index (κ2) is 7.46. The van der Waals surface area contributed by atoms with Crippen molar-refractivity contribution in [3.05, 3.63) is 52.8 Å². The van der Waals surface area contributed by atoms with Crippen LogP contribution in [0.3, 0.4) is 0 Å². The van der Waals surface area contributed by atoms with E-state index in [9.17, 15) is 0 Å². The number of nitrogens with zero attached hydrogens (tertiary/aromatic N) is 2. The van der Waals surface area contributed by atoms with Crippen LogP contribution in [0.5, 0.6) is 0 Å². The highest BCUT2D eigenvalue weighted by molar-refractivity contribution is 6.31. The summed E-state index contributed by atoms with van der Waals surface area (Å²) in [5.41, 5.74) is 2.40. The maximum Gasteiger partial charge on any atom is 0.0522 e. The maximum absolute atomic E-state index is 6.34. The molecule has 1 N–H and O–H groups in total. The number of hydrogen-bond donors (Lipinski definition) is 1. The first kappa shape index (κ1) is 15.1. The largest absolute Gasteiger partial charge is 0.310 e. The van der Waals surface area contributed by atoms with Crippen molar-refractivity contribution in [1.82, 2.24) is 15.1 Å². The molecule has 0 radical (unpaired) electrons. The van der Waals surface area contributed by atoms with Gasteiger partial charge in [-0.2, -0.15) is 5.10 Å². The van der Waals surface area contributed by atoms with Crippen LogP contribution in [0.25, 0.3) is 0 Å². The molecule has 0 aliphatic heterocycles. The monoisotopic (exact) mass is 291 g/mol. The van der Waals surface area contributed by atoms with Crippen molar-refractivity contribution >= 4 is 11.6 Å². The smallest absolute Gasteiger partial charge is 0.0522 e. The van der Waals surface area contributed by atoms with Gasteiger partial charge in [0, 0.05) is 23.8 Å². The van der Waals surface area contributed by atoms with Crippen LogP contribution in [0.15, 0.2) is 36.7 Å². The second-order valence-corrected chi connectivity index (χ2v) is 5.34. The summed E-state index contributed by atoms with van der Waals surface area (Å²) in [4.78, 5) is 0. The van der Waals surface area contributed by atoms with Crippen molar-refractivity contribution in [3.8, 4) is 0 Å². The van der Waals surface area contributed by atoms with Crippen LogP contribution < -0.4 is 5.32 Å². The molecule has 2 aromatic rings. The predicted molar refractivity (Wildman–Crippen MR) is 84.1 cm³/mol. The Morgan fingerprint density at radius 3 is 2.75 bits per heavy atom. The van der Waals surface area contributed by atoms with E-state index >= 15 is 0 Å². The molecule has 0 spiro atoms. The average Bonchev–Trinajstić information content (AvgIpc) is 2.92. The van der Waals surface area contributed by atoms with Crippen molar-refractivity contribution in [2.45, 2.75) is 39.3 Å². The average molecular weight is 292 g/mol. The number of aryl methyl sites for hydroxylation is 1. The molecular weight excluding hydrogens is 270 g/mol. The Labute approximate surface area is 126 Å². The van der Waals surface area contributed by atoms with Crippen molar-refractivity contribution in [2.24, 2.45) is 0 Å². The predicted octanol–water partition coefficient (Wildman–Crippen LogP) is 3.84. The quantitative estimate of drug-likeness (QED) is 0.840. The van der Waals surface area contributed by atoms with E-state index in [4.69, 9.17) is 11.6 Å². The Kier molecular flexibility index (Phi) is 5.62. The van der Waals surface area contributed by atoms with Gasteiger partial charge in [0.05, 0.1) is 6.20 Å². The lowest BCUT2D eigenvalue weighted by molar-refractivity contribution is 0.529. The zero-order valence-electron chi connectivity index (χ0n) is 12.1. The molecule has 108 valence electrons. The Morgan fingerprint density at radius 1 is 1.30 bits per heavy atom. The van der Waals surface area contributed by atoms with Gasteiger partial charge in [-0.05, 0) is 43.5 Å². The van der Waals surface area contributed by atoms with Crippen LogP contribution in [0.4, 0.5) is 0 Å². The van der Waals surface area contributed by atoms with E-state index in [2.05, 4.69) is 36.5 Å². The molecule has 0 saturated carbocycles. The Morgan fingerprint density at radius 2 is 2.10 bits per heavy atom. The van der Waals surface area contributed by atoms with E-state index in [1.807, 2.05) is 29.1 Å². The SMILES string of the molecule is CCCNC(Cc1cnn(CC)c1)c1ccccc1Cl. The normalized spacial score (nSPS) is 12.6. The fourth-order valence-corrected chi connectivity index (χ4v) is 2.56. The molecule has 1 aromatic carbocycles. The summed E-state index contributed by atoms with van der Waals surface area (Å²) in [6.07, 6.45) is 6.07. The summed E-state index contributed by atoms with van der Waals surface area (Å²) in [7, 11) is 0. The zero-order chi connectivity index (χ0) is 14.4. The summed E-state index contributed by atoms with van der Waals surface area (Å²) in [6.45, 7) is 6.15. The van der Waals surface area contributed by atoms with Crippen LogP contribution in [-0.2, 0) is 13.0 Å². The molecular formula is C16H22ClN3. The first-order valence-electron chi connectivity index (χ1n) is 7.23. The second-order valence-electron chi connectivity index (χ2n) is 4.94. The Balaban J connectivity index is 2.17. The van der Waals surface area contributed by atoms with Crippen molar-refractivity contribution < 1.29 is 0 Å². The number of rotatable bonds is 7. The van der Waals surface area contributed by atoms with Crippen LogP contribution in [-0.4, -0.2) is 16.3 Å². The molecule has 4 heteroatoms. The van der Waals surface area contributed by atoms with Gasteiger partial charge in [0.25, 0.3) is 0 Å². The number of halogens is 1. The van der Waals surface area contributed by atoms with Crippen LogP contribution >= 0.6 is 11.6 Å². The third-order valence-electron chi connectivity index (χ3n) is 3.37. The molecule has 1 heterocycles. The molecule has 1 unspecified atom stereocenters. The summed E-state index contributed by atoms with van der Waals surface area (Å²) in [6, 6.07) is 8.29. The van der Waals surface area contributed by atoms with Gasteiger partial charge >= 0.3 is 0 Å².